The van der Waals surface area contributed by atoms with Gasteiger partial charge in [-0.15, -0.1) is 0 Å². The number of carbonyl (C=O) groups excluding carboxylic acids is 2. The molecule has 0 saturated heterocycles. The molecule has 5 nitrogen and oxygen atoms in total. The Morgan fingerprint density at radius 1 is 1.04 bits per heavy atom. The molecule has 0 fully saturated rings. The van der Waals surface area contributed by atoms with Gasteiger partial charge in [-0.2, -0.15) is 0 Å². The lowest BCUT2D eigenvalue weighted by Gasteiger charge is -2.11. The highest BCUT2D eigenvalue weighted by Crippen LogP contribution is 2.23. The molecule has 3 rings (SSSR count). The summed E-state index contributed by atoms with van der Waals surface area (Å²) in [6.07, 6.45) is 0. The number of para-hydroxylation sites is 1. The summed E-state index contributed by atoms with van der Waals surface area (Å²) in [5.74, 6) is 0.0210. The van der Waals surface area contributed by atoms with E-state index in [2.05, 4.69) is 10.1 Å². The third-order valence-corrected chi connectivity index (χ3v) is 3.79. The molecule has 0 radical (unpaired) electrons. The number of fused-ring (bicyclic) bond motifs is 1. The Bertz CT molecular complexity index is 847. The summed E-state index contributed by atoms with van der Waals surface area (Å²) < 4.78 is 10.4. The fourth-order valence-electron chi connectivity index (χ4n) is 2.44. The minimum atomic E-state index is -0.433. The van der Waals surface area contributed by atoms with E-state index in [1.165, 1.54) is 7.11 Å². The summed E-state index contributed by atoms with van der Waals surface area (Å²) >= 11 is 0. The largest absolute Gasteiger partial charge is 0.465 e. The summed E-state index contributed by atoms with van der Waals surface area (Å²) in [4.78, 5) is 23.7. The molecule has 0 saturated carbocycles. The van der Waals surface area contributed by atoms with Crippen LogP contribution in [0.1, 0.15) is 39.4 Å². The lowest BCUT2D eigenvalue weighted by molar-refractivity contribution is 0.0600. The van der Waals surface area contributed by atoms with Crippen molar-refractivity contribution in [3.63, 3.8) is 0 Å². The highest BCUT2D eigenvalue weighted by Gasteiger charge is 2.16. The molecule has 1 aromatic heterocycles. The number of nitrogens with one attached hydrogen (secondary N) is 1. The zero-order valence-electron chi connectivity index (χ0n) is 13.4. The molecule has 122 valence electrons. The van der Waals surface area contributed by atoms with Crippen molar-refractivity contribution in [2.45, 2.75) is 13.0 Å². The lowest BCUT2D eigenvalue weighted by atomic mass is 10.1. The summed E-state index contributed by atoms with van der Waals surface area (Å²) in [5.41, 5.74) is 1.65. The maximum atomic E-state index is 12.3. The van der Waals surface area contributed by atoms with Gasteiger partial charge >= 0.3 is 5.97 Å². The average Bonchev–Trinajstić information content (AvgIpc) is 3.05. The number of methoxy groups -OCH3 is 1. The fraction of sp³-hybridized carbons (Fsp3) is 0.158. The molecule has 3 aromatic rings. The summed E-state index contributed by atoms with van der Waals surface area (Å²) in [5, 5.41) is 3.88. The number of hydrogen-bond donors (Lipinski definition) is 1. The molecule has 0 spiro atoms. The van der Waals surface area contributed by atoms with Gasteiger partial charge in [0.2, 0.25) is 0 Å². The van der Waals surface area contributed by atoms with Crippen molar-refractivity contribution < 1.29 is 18.7 Å². The number of amides is 1. The Kier molecular flexibility index (Phi) is 4.33. The van der Waals surface area contributed by atoms with Crippen LogP contribution in [-0.2, 0) is 4.74 Å². The molecule has 1 atom stereocenters. The second-order valence-corrected chi connectivity index (χ2v) is 5.45. The van der Waals surface area contributed by atoms with Gasteiger partial charge in [0.1, 0.15) is 11.3 Å². The van der Waals surface area contributed by atoms with Crippen LogP contribution in [0, 0.1) is 0 Å². The molecule has 1 heterocycles. The highest BCUT2D eigenvalue weighted by molar-refractivity contribution is 5.96. The van der Waals surface area contributed by atoms with Crippen LogP contribution in [-0.4, -0.2) is 19.0 Å². The SMILES string of the molecule is COC(=O)c1ccc(C(=O)N[C@H](C)c2cc3ccccc3o2)cc1. The molecule has 2 aromatic carbocycles. The fourth-order valence-corrected chi connectivity index (χ4v) is 2.44. The van der Waals surface area contributed by atoms with Crippen molar-refractivity contribution in [1.29, 1.82) is 0 Å². The highest BCUT2D eigenvalue weighted by atomic mass is 16.5. The van der Waals surface area contributed by atoms with Crippen molar-refractivity contribution in [2.24, 2.45) is 0 Å². The minimum absolute atomic E-state index is 0.237. The number of rotatable bonds is 4. The average molecular weight is 323 g/mol. The molecule has 1 amide bonds. The monoisotopic (exact) mass is 323 g/mol. The Balaban J connectivity index is 1.72. The first kappa shape index (κ1) is 15.8. The van der Waals surface area contributed by atoms with Crippen LogP contribution < -0.4 is 5.32 Å². The van der Waals surface area contributed by atoms with Gasteiger partial charge in [-0.25, -0.2) is 4.79 Å². The first-order valence-corrected chi connectivity index (χ1v) is 7.56. The van der Waals surface area contributed by atoms with E-state index in [1.54, 1.807) is 24.3 Å². The predicted octanol–water partition coefficient (Wildman–Crippen LogP) is 3.71. The zero-order chi connectivity index (χ0) is 17.1. The topological polar surface area (TPSA) is 68.5 Å². The molecule has 0 aliphatic rings. The van der Waals surface area contributed by atoms with E-state index in [0.717, 1.165) is 11.0 Å². The van der Waals surface area contributed by atoms with Crippen molar-refractivity contribution in [1.82, 2.24) is 5.32 Å². The van der Waals surface area contributed by atoms with Crippen LogP contribution in [0.4, 0.5) is 0 Å². The van der Waals surface area contributed by atoms with Gasteiger partial charge in [-0.3, -0.25) is 4.79 Å². The Morgan fingerprint density at radius 2 is 1.71 bits per heavy atom. The lowest BCUT2D eigenvalue weighted by Crippen LogP contribution is -2.26. The molecule has 0 unspecified atom stereocenters. The Morgan fingerprint density at radius 3 is 2.38 bits per heavy atom. The van der Waals surface area contributed by atoms with Crippen molar-refractivity contribution in [3.8, 4) is 0 Å². The second-order valence-electron chi connectivity index (χ2n) is 5.45. The predicted molar refractivity (Wildman–Crippen MR) is 89.9 cm³/mol. The number of esters is 1. The van der Waals surface area contributed by atoms with E-state index in [0.29, 0.717) is 16.9 Å². The summed E-state index contributed by atoms with van der Waals surface area (Å²) in [6.45, 7) is 1.86. The van der Waals surface area contributed by atoms with Gasteiger partial charge in [-0.1, -0.05) is 18.2 Å². The first-order valence-electron chi connectivity index (χ1n) is 7.56. The van der Waals surface area contributed by atoms with E-state index in [4.69, 9.17) is 4.42 Å². The van der Waals surface area contributed by atoms with Gasteiger partial charge in [0, 0.05) is 10.9 Å². The molecular formula is C19H17NO4. The van der Waals surface area contributed by atoms with Gasteiger partial charge < -0.3 is 14.5 Å². The van der Waals surface area contributed by atoms with Crippen molar-refractivity contribution in [3.05, 3.63) is 71.5 Å². The van der Waals surface area contributed by atoms with Gasteiger partial charge in [0.05, 0.1) is 18.7 Å². The maximum absolute atomic E-state index is 12.3. The quantitative estimate of drug-likeness (QED) is 0.743. The first-order chi connectivity index (χ1) is 11.6. The number of ether oxygens (including phenoxy) is 1. The van der Waals surface area contributed by atoms with E-state index in [-0.39, 0.29) is 11.9 Å². The van der Waals surface area contributed by atoms with Crippen LogP contribution in [0.25, 0.3) is 11.0 Å². The number of benzene rings is 2. The van der Waals surface area contributed by atoms with E-state index in [1.807, 2.05) is 37.3 Å². The third-order valence-electron chi connectivity index (χ3n) is 3.79. The van der Waals surface area contributed by atoms with Crippen LogP contribution in [0.15, 0.2) is 59.0 Å². The molecule has 5 heteroatoms. The van der Waals surface area contributed by atoms with Crippen molar-refractivity contribution in [2.75, 3.05) is 7.11 Å². The van der Waals surface area contributed by atoms with Crippen LogP contribution in [0.3, 0.4) is 0 Å². The van der Waals surface area contributed by atoms with Crippen LogP contribution in [0.5, 0.6) is 0 Å². The Labute approximate surface area is 139 Å². The Hall–Kier alpha value is -3.08. The van der Waals surface area contributed by atoms with Gasteiger partial charge in [0.15, 0.2) is 0 Å². The van der Waals surface area contributed by atoms with E-state index < -0.39 is 5.97 Å². The van der Waals surface area contributed by atoms with Crippen LogP contribution >= 0.6 is 0 Å². The molecule has 0 bridgehead atoms. The standard InChI is InChI=1S/C19H17NO4/c1-12(17-11-15-5-3-4-6-16(15)24-17)20-18(21)13-7-9-14(10-8-13)19(22)23-2/h3-12H,1-2H3,(H,20,21)/t12-/m1/s1. The normalized spacial score (nSPS) is 11.9. The number of carbonyl (C=O) groups is 2. The molecule has 0 aliphatic heterocycles. The molecular weight excluding hydrogens is 306 g/mol. The number of hydrogen-bond acceptors (Lipinski definition) is 4. The second kappa shape index (κ2) is 6.58. The van der Waals surface area contributed by atoms with E-state index >= 15 is 0 Å². The zero-order valence-corrected chi connectivity index (χ0v) is 13.4. The van der Waals surface area contributed by atoms with Gasteiger partial charge in [-0.05, 0) is 43.3 Å². The van der Waals surface area contributed by atoms with Crippen LogP contribution in [0.2, 0.25) is 0 Å². The molecule has 24 heavy (non-hydrogen) atoms. The molecule has 0 aliphatic carbocycles. The van der Waals surface area contributed by atoms with E-state index in [9.17, 15) is 9.59 Å². The minimum Gasteiger partial charge on any atom is -0.465 e. The van der Waals surface area contributed by atoms with Crippen molar-refractivity contribution >= 4 is 22.8 Å². The maximum Gasteiger partial charge on any atom is 0.337 e. The number of furan rings is 1. The third kappa shape index (κ3) is 3.15. The molecule has 1 N–H and O–H groups in total. The van der Waals surface area contributed by atoms with Gasteiger partial charge in [0.25, 0.3) is 5.91 Å². The summed E-state index contributed by atoms with van der Waals surface area (Å²) in [7, 11) is 1.32. The summed E-state index contributed by atoms with van der Waals surface area (Å²) in [6, 6.07) is 15.6. The smallest absolute Gasteiger partial charge is 0.337 e.